The Kier molecular flexibility index (Phi) is 3.57. The van der Waals surface area contributed by atoms with E-state index in [9.17, 15) is 9.59 Å². The molecule has 0 aliphatic heterocycles. The molecule has 2 aromatic rings. The molecule has 0 aliphatic carbocycles. The van der Waals surface area contributed by atoms with Crippen molar-refractivity contribution in [2.24, 2.45) is 0 Å². The Hall–Kier alpha value is -2.37. The number of rotatable bonds is 4. The third-order valence-electron chi connectivity index (χ3n) is 2.21. The third-order valence-corrected chi connectivity index (χ3v) is 2.21. The minimum Gasteiger partial charge on any atom is -0.465 e. The fourth-order valence-corrected chi connectivity index (χ4v) is 1.43. The molecule has 0 unspecified atom stereocenters. The van der Waals surface area contributed by atoms with Gasteiger partial charge in [0.2, 0.25) is 5.89 Å². The zero-order chi connectivity index (χ0) is 13.0. The molecule has 94 valence electrons. The highest BCUT2D eigenvalue weighted by Gasteiger charge is 2.13. The van der Waals surface area contributed by atoms with Crippen LogP contribution in [0.25, 0.3) is 11.5 Å². The molecular formula is C12H12N2O4. The Bertz CT molecular complexity index is 586. The summed E-state index contributed by atoms with van der Waals surface area (Å²) in [5, 5.41) is 3.94. The van der Waals surface area contributed by atoms with E-state index >= 15 is 0 Å². The number of hydrogen-bond donors (Lipinski definition) is 0. The van der Waals surface area contributed by atoms with E-state index in [1.807, 2.05) is 6.07 Å². The maximum atomic E-state index is 11.5. The maximum absolute atomic E-state index is 11.5. The second-order valence-electron chi connectivity index (χ2n) is 3.50. The van der Waals surface area contributed by atoms with E-state index in [4.69, 9.17) is 9.15 Å². The molecule has 0 N–H and O–H groups in total. The van der Waals surface area contributed by atoms with Gasteiger partial charge in [0.25, 0.3) is 0 Å². The van der Waals surface area contributed by atoms with Gasteiger partial charge in [-0.2, -0.15) is 4.68 Å². The minimum absolute atomic E-state index is 0.185. The summed E-state index contributed by atoms with van der Waals surface area (Å²) in [7, 11) is 0. The van der Waals surface area contributed by atoms with Crippen LogP contribution in [0.3, 0.4) is 0 Å². The fraction of sp³-hybridized carbons (Fsp3) is 0.250. The number of nitrogens with zero attached hydrogens (tertiary/aromatic N) is 2. The molecule has 18 heavy (non-hydrogen) atoms. The van der Waals surface area contributed by atoms with Crippen LogP contribution in [-0.2, 0) is 16.1 Å². The Morgan fingerprint density at radius 3 is 2.78 bits per heavy atom. The van der Waals surface area contributed by atoms with Gasteiger partial charge >= 0.3 is 11.7 Å². The van der Waals surface area contributed by atoms with Crippen LogP contribution < -0.4 is 5.76 Å². The van der Waals surface area contributed by atoms with Crippen LogP contribution in [0.4, 0.5) is 0 Å². The zero-order valence-electron chi connectivity index (χ0n) is 9.83. The Balaban J connectivity index is 2.23. The van der Waals surface area contributed by atoms with Crippen LogP contribution in [0.15, 0.2) is 39.5 Å². The third kappa shape index (κ3) is 2.65. The van der Waals surface area contributed by atoms with Crippen molar-refractivity contribution in [2.45, 2.75) is 13.5 Å². The Labute approximate surface area is 103 Å². The van der Waals surface area contributed by atoms with Crippen molar-refractivity contribution in [1.29, 1.82) is 0 Å². The van der Waals surface area contributed by atoms with E-state index in [1.54, 1.807) is 31.2 Å². The summed E-state index contributed by atoms with van der Waals surface area (Å²) in [5.41, 5.74) is 0.678. The second-order valence-corrected chi connectivity index (χ2v) is 3.50. The van der Waals surface area contributed by atoms with Crippen molar-refractivity contribution < 1.29 is 13.9 Å². The van der Waals surface area contributed by atoms with Gasteiger partial charge in [0.15, 0.2) is 0 Å². The fourth-order valence-electron chi connectivity index (χ4n) is 1.43. The van der Waals surface area contributed by atoms with Gasteiger partial charge in [0, 0.05) is 5.56 Å². The van der Waals surface area contributed by atoms with E-state index < -0.39 is 11.7 Å². The van der Waals surface area contributed by atoms with Crippen LogP contribution in [0, 0.1) is 0 Å². The molecule has 0 radical (unpaired) electrons. The molecule has 2 rings (SSSR count). The molecule has 0 atom stereocenters. The molecule has 6 heteroatoms. The first-order chi connectivity index (χ1) is 8.70. The van der Waals surface area contributed by atoms with Crippen LogP contribution in [0.2, 0.25) is 0 Å². The SMILES string of the molecule is CCOC(=O)Cn1nc(-c2ccccc2)oc1=O. The van der Waals surface area contributed by atoms with Gasteiger partial charge in [-0.1, -0.05) is 18.2 Å². The number of carbonyl (C=O) groups is 1. The summed E-state index contributed by atoms with van der Waals surface area (Å²) >= 11 is 0. The highest BCUT2D eigenvalue weighted by Crippen LogP contribution is 2.13. The second kappa shape index (κ2) is 5.31. The lowest BCUT2D eigenvalue weighted by molar-refractivity contribution is -0.144. The summed E-state index contributed by atoms with van der Waals surface area (Å²) in [6, 6.07) is 8.98. The van der Waals surface area contributed by atoms with Crippen LogP contribution >= 0.6 is 0 Å². The molecule has 1 heterocycles. The van der Waals surface area contributed by atoms with Gasteiger partial charge < -0.3 is 9.15 Å². The topological polar surface area (TPSA) is 74.3 Å². The van der Waals surface area contributed by atoms with E-state index in [1.165, 1.54) is 0 Å². The van der Waals surface area contributed by atoms with Crippen molar-refractivity contribution in [1.82, 2.24) is 9.78 Å². The molecule has 1 aromatic carbocycles. The number of carbonyl (C=O) groups excluding carboxylic acids is 1. The average molecular weight is 248 g/mol. The Morgan fingerprint density at radius 1 is 1.39 bits per heavy atom. The van der Waals surface area contributed by atoms with Gasteiger partial charge in [-0.15, -0.1) is 5.10 Å². The quantitative estimate of drug-likeness (QED) is 0.756. The summed E-state index contributed by atoms with van der Waals surface area (Å²) < 4.78 is 10.6. The number of benzene rings is 1. The number of aromatic nitrogens is 2. The summed E-state index contributed by atoms with van der Waals surface area (Å²) in [6.07, 6.45) is 0. The highest BCUT2D eigenvalue weighted by molar-refractivity contribution is 5.69. The first kappa shape index (κ1) is 12.1. The van der Waals surface area contributed by atoms with Crippen LogP contribution in [0.5, 0.6) is 0 Å². The van der Waals surface area contributed by atoms with Gasteiger partial charge in [0.1, 0.15) is 6.54 Å². The number of hydrogen-bond acceptors (Lipinski definition) is 5. The standard InChI is InChI=1S/C12H12N2O4/c1-2-17-10(15)8-14-12(16)18-11(13-14)9-6-4-3-5-7-9/h3-7H,2,8H2,1H3. The van der Waals surface area contributed by atoms with E-state index in [2.05, 4.69) is 5.10 Å². The lowest BCUT2D eigenvalue weighted by atomic mass is 10.2. The van der Waals surface area contributed by atoms with Gasteiger partial charge in [-0.05, 0) is 19.1 Å². The minimum atomic E-state index is -0.679. The Morgan fingerprint density at radius 2 is 2.11 bits per heavy atom. The molecule has 0 bridgehead atoms. The van der Waals surface area contributed by atoms with Crippen LogP contribution in [-0.4, -0.2) is 22.4 Å². The molecule has 0 aliphatic rings. The summed E-state index contributed by atoms with van der Waals surface area (Å²) in [4.78, 5) is 22.7. The first-order valence-electron chi connectivity index (χ1n) is 5.49. The van der Waals surface area contributed by atoms with Crippen molar-refractivity contribution in [3.05, 3.63) is 40.9 Å². The predicted octanol–water partition coefficient (Wildman–Crippen LogP) is 1.07. The van der Waals surface area contributed by atoms with Crippen molar-refractivity contribution in [2.75, 3.05) is 6.61 Å². The van der Waals surface area contributed by atoms with Crippen molar-refractivity contribution in [3.63, 3.8) is 0 Å². The molecule has 1 aromatic heterocycles. The number of ether oxygens (including phenoxy) is 1. The van der Waals surface area contributed by atoms with Gasteiger partial charge in [-0.3, -0.25) is 4.79 Å². The van der Waals surface area contributed by atoms with E-state index in [-0.39, 0.29) is 19.0 Å². The molecule has 0 saturated heterocycles. The van der Waals surface area contributed by atoms with Crippen molar-refractivity contribution >= 4 is 5.97 Å². The van der Waals surface area contributed by atoms with E-state index in [0.29, 0.717) is 5.56 Å². The lowest BCUT2D eigenvalue weighted by Crippen LogP contribution is -2.22. The highest BCUT2D eigenvalue weighted by atomic mass is 16.5. The first-order valence-corrected chi connectivity index (χ1v) is 5.49. The molecule has 6 nitrogen and oxygen atoms in total. The molecule has 0 amide bonds. The van der Waals surface area contributed by atoms with Crippen LogP contribution in [0.1, 0.15) is 6.92 Å². The number of esters is 1. The van der Waals surface area contributed by atoms with Crippen molar-refractivity contribution in [3.8, 4) is 11.5 Å². The normalized spacial score (nSPS) is 10.3. The van der Waals surface area contributed by atoms with E-state index in [0.717, 1.165) is 4.68 Å². The average Bonchev–Trinajstić information content (AvgIpc) is 2.72. The molecule has 0 fully saturated rings. The van der Waals surface area contributed by atoms with Gasteiger partial charge in [-0.25, -0.2) is 4.79 Å². The summed E-state index contributed by atoms with van der Waals surface area (Å²) in [5.74, 6) is -1.01. The molecular weight excluding hydrogens is 236 g/mol. The monoisotopic (exact) mass is 248 g/mol. The summed E-state index contributed by atoms with van der Waals surface area (Å²) in [6.45, 7) is 1.71. The predicted molar refractivity (Wildman–Crippen MR) is 62.8 cm³/mol. The molecule has 0 spiro atoms. The molecule has 0 saturated carbocycles. The largest absolute Gasteiger partial charge is 0.465 e. The zero-order valence-corrected chi connectivity index (χ0v) is 9.83. The maximum Gasteiger partial charge on any atom is 0.437 e. The van der Waals surface area contributed by atoms with Gasteiger partial charge in [0.05, 0.1) is 6.61 Å². The smallest absolute Gasteiger partial charge is 0.437 e. The lowest BCUT2D eigenvalue weighted by Gasteiger charge is -1.98.